The molecule has 0 radical (unpaired) electrons. The van der Waals surface area contributed by atoms with Crippen LogP contribution in [0.1, 0.15) is 30.9 Å². The molecule has 162 valence electrons. The standard InChI is InChI=1S/C23H22ClNO4S2/c1-2-28-21(26)8-5-13-25-22(27)20(31-23(25)30)14-17-6-3-4-7-19(17)29-15-16-9-11-18(24)12-10-16/h3-4,6-7,9-12,14H,2,5,8,13,15H2,1H3/b20-14+. The van der Waals surface area contributed by atoms with Crippen LogP contribution in [0.4, 0.5) is 0 Å². The zero-order valence-corrected chi connectivity index (χ0v) is 19.4. The third kappa shape index (κ3) is 6.56. The van der Waals surface area contributed by atoms with Crippen molar-refractivity contribution in [2.75, 3.05) is 13.2 Å². The number of hydrogen-bond donors (Lipinski definition) is 0. The summed E-state index contributed by atoms with van der Waals surface area (Å²) in [4.78, 5) is 26.4. The summed E-state index contributed by atoms with van der Waals surface area (Å²) >= 11 is 12.5. The highest BCUT2D eigenvalue weighted by Gasteiger charge is 2.31. The van der Waals surface area contributed by atoms with Gasteiger partial charge in [0.2, 0.25) is 0 Å². The maximum atomic E-state index is 12.8. The van der Waals surface area contributed by atoms with Crippen LogP contribution < -0.4 is 4.74 Å². The third-order valence-corrected chi connectivity index (χ3v) is 6.08. The summed E-state index contributed by atoms with van der Waals surface area (Å²) in [5, 5.41) is 0.674. The summed E-state index contributed by atoms with van der Waals surface area (Å²) < 4.78 is 11.4. The molecule has 1 aliphatic heterocycles. The van der Waals surface area contributed by atoms with Crippen LogP contribution in [0.25, 0.3) is 6.08 Å². The zero-order valence-electron chi connectivity index (χ0n) is 17.0. The minimum Gasteiger partial charge on any atom is -0.488 e. The molecular formula is C23H22ClNO4S2. The van der Waals surface area contributed by atoms with Gasteiger partial charge >= 0.3 is 5.97 Å². The van der Waals surface area contributed by atoms with Crippen molar-refractivity contribution in [3.05, 3.63) is 69.6 Å². The number of carbonyl (C=O) groups is 2. The number of para-hydroxylation sites is 1. The van der Waals surface area contributed by atoms with Gasteiger partial charge in [0, 0.05) is 23.6 Å². The molecular weight excluding hydrogens is 454 g/mol. The summed E-state index contributed by atoms with van der Waals surface area (Å²) in [6, 6.07) is 15.0. The smallest absolute Gasteiger partial charge is 0.305 e. The second-order valence-corrected chi connectivity index (χ2v) is 8.81. The molecule has 1 aliphatic rings. The average Bonchev–Trinajstić information content (AvgIpc) is 3.02. The molecule has 0 spiro atoms. The number of rotatable bonds is 9. The fourth-order valence-electron chi connectivity index (χ4n) is 2.92. The van der Waals surface area contributed by atoms with Crippen molar-refractivity contribution < 1.29 is 19.1 Å². The predicted molar refractivity (Wildman–Crippen MR) is 128 cm³/mol. The Morgan fingerprint density at radius 3 is 2.68 bits per heavy atom. The normalized spacial score (nSPS) is 14.9. The van der Waals surface area contributed by atoms with Crippen LogP contribution in [0, 0.1) is 0 Å². The van der Waals surface area contributed by atoms with E-state index in [0.717, 1.165) is 11.1 Å². The minimum absolute atomic E-state index is 0.161. The van der Waals surface area contributed by atoms with E-state index in [0.29, 0.717) is 46.2 Å². The highest BCUT2D eigenvalue weighted by Crippen LogP contribution is 2.34. The van der Waals surface area contributed by atoms with E-state index in [1.807, 2.05) is 48.5 Å². The van der Waals surface area contributed by atoms with Crippen LogP contribution >= 0.6 is 35.6 Å². The lowest BCUT2D eigenvalue weighted by atomic mass is 10.1. The molecule has 1 heterocycles. The Kier molecular flexibility index (Phi) is 8.51. The Balaban J connectivity index is 1.66. The van der Waals surface area contributed by atoms with Gasteiger partial charge in [-0.3, -0.25) is 14.5 Å². The van der Waals surface area contributed by atoms with Crippen molar-refractivity contribution in [3.63, 3.8) is 0 Å². The molecule has 0 unspecified atom stereocenters. The molecule has 0 saturated carbocycles. The van der Waals surface area contributed by atoms with Crippen LogP contribution in [0.2, 0.25) is 5.02 Å². The Bertz CT molecular complexity index is 991. The maximum Gasteiger partial charge on any atom is 0.305 e. The first kappa shape index (κ1) is 23.3. The molecule has 1 fully saturated rings. The van der Waals surface area contributed by atoms with Crippen LogP contribution in [0.15, 0.2) is 53.4 Å². The van der Waals surface area contributed by atoms with Gasteiger partial charge in [0.1, 0.15) is 16.7 Å². The molecule has 31 heavy (non-hydrogen) atoms. The van der Waals surface area contributed by atoms with Crippen molar-refractivity contribution in [2.45, 2.75) is 26.4 Å². The van der Waals surface area contributed by atoms with E-state index in [2.05, 4.69) is 0 Å². The monoisotopic (exact) mass is 475 g/mol. The Morgan fingerprint density at radius 2 is 1.94 bits per heavy atom. The van der Waals surface area contributed by atoms with Gasteiger partial charge in [-0.1, -0.05) is 65.9 Å². The topological polar surface area (TPSA) is 55.8 Å². The second-order valence-electron chi connectivity index (χ2n) is 6.69. The Hall–Kier alpha value is -2.35. The molecule has 0 bridgehead atoms. The lowest BCUT2D eigenvalue weighted by Gasteiger charge is -2.13. The van der Waals surface area contributed by atoms with Gasteiger partial charge in [-0.15, -0.1) is 0 Å². The summed E-state index contributed by atoms with van der Waals surface area (Å²) in [6.07, 6.45) is 2.55. The second kappa shape index (κ2) is 11.3. The number of carbonyl (C=O) groups excluding carboxylic acids is 2. The first-order chi connectivity index (χ1) is 15.0. The molecule has 1 amide bonds. The van der Waals surface area contributed by atoms with Gasteiger partial charge in [-0.2, -0.15) is 0 Å². The summed E-state index contributed by atoms with van der Waals surface area (Å²) in [5.74, 6) is 0.242. The number of esters is 1. The number of ether oxygens (including phenoxy) is 2. The SMILES string of the molecule is CCOC(=O)CCCN1C(=O)/C(=C\c2ccccc2OCc2ccc(Cl)cc2)SC1=S. The van der Waals surface area contributed by atoms with Crippen molar-refractivity contribution >= 4 is 57.9 Å². The largest absolute Gasteiger partial charge is 0.488 e. The van der Waals surface area contributed by atoms with Crippen LogP contribution in [-0.2, 0) is 20.9 Å². The highest BCUT2D eigenvalue weighted by molar-refractivity contribution is 8.26. The van der Waals surface area contributed by atoms with Crippen LogP contribution in [0.3, 0.4) is 0 Å². The fourth-order valence-corrected chi connectivity index (χ4v) is 4.35. The van der Waals surface area contributed by atoms with Gasteiger partial charge in [-0.05, 0) is 43.2 Å². The number of hydrogen-bond acceptors (Lipinski definition) is 6. The number of benzene rings is 2. The zero-order chi connectivity index (χ0) is 22.2. The molecule has 1 saturated heterocycles. The summed E-state index contributed by atoms with van der Waals surface area (Å²) in [7, 11) is 0. The highest BCUT2D eigenvalue weighted by atomic mass is 35.5. The summed E-state index contributed by atoms with van der Waals surface area (Å²) in [6.45, 7) is 2.89. The molecule has 0 atom stereocenters. The number of nitrogens with zero attached hydrogens (tertiary/aromatic N) is 1. The number of thioether (sulfide) groups is 1. The lowest BCUT2D eigenvalue weighted by molar-refractivity contribution is -0.143. The van der Waals surface area contributed by atoms with Crippen molar-refractivity contribution in [1.82, 2.24) is 4.90 Å². The Labute approximate surface area is 196 Å². The van der Waals surface area contributed by atoms with E-state index in [9.17, 15) is 9.59 Å². The van der Waals surface area contributed by atoms with Gasteiger partial charge < -0.3 is 9.47 Å². The van der Waals surface area contributed by atoms with E-state index in [-0.39, 0.29) is 18.3 Å². The maximum absolute atomic E-state index is 12.8. The molecule has 0 N–H and O–H groups in total. The van der Waals surface area contributed by atoms with Crippen LogP contribution in [0.5, 0.6) is 5.75 Å². The van der Waals surface area contributed by atoms with Crippen LogP contribution in [-0.4, -0.2) is 34.2 Å². The van der Waals surface area contributed by atoms with E-state index in [1.165, 1.54) is 16.7 Å². The fraction of sp³-hybridized carbons (Fsp3) is 0.261. The molecule has 0 aliphatic carbocycles. The van der Waals surface area contributed by atoms with E-state index < -0.39 is 0 Å². The lowest BCUT2D eigenvalue weighted by Crippen LogP contribution is -2.29. The molecule has 5 nitrogen and oxygen atoms in total. The van der Waals surface area contributed by atoms with E-state index in [1.54, 1.807) is 13.0 Å². The van der Waals surface area contributed by atoms with E-state index in [4.69, 9.17) is 33.3 Å². The quantitative estimate of drug-likeness (QED) is 0.272. The van der Waals surface area contributed by atoms with E-state index >= 15 is 0 Å². The summed E-state index contributed by atoms with van der Waals surface area (Å²) in [5.41, 5.74) is 1.79. The molecule has 2 aromatic rings. The predicted octanol–water partition coefficient (Wildman–Crippen LogP) is 5.46. The van der Waals surface area contributed by atoms with Gasteiger partial charge in [-0.25, -0.2) is 0 Å². The first-order valence-corrected chi connectivity index (χ1v) is 11.5. The molecule has 8 heteroatoms. The van der Waals surface area contributed by atoms with Gasteiger partial charge in [0.05, 0.1) is 11.5 Å². The van der Waals surface area contributed by atoms with Crippen molar-refractivity contribution in [2.24, 2.45) is 0 Å². The van der Waals surface area contributed by atoms with Crippen molar-refractivity contribution in [1.29, 1.82) is 0 Å². The number of amides is 1. The van der Waals surface area contributed by atoms with Gasteiger partial charge in [0.25, 0.3) is 5.91 Å². The molecule has 2 aromatic carbocycles. The van der Waals surface area contributed by atoms with Crippen molar-refractivity contribution in [3.8, 4) is 5.75 Å². The third-order valence-electron chi connectivity index (χ3n) is 4.45. The first-order valence-electron chi connectivity index (χ1n) is 9.85. The molecule has 0 aromatic heterocycles. The average molecular weight is 476 g/mol. The van der Waals surface area contributed by atoms with Gasteiger partial charge in [0.15, 0.2) is 0 Å². The minimum atomic E-state index is -0.268. The molecule has 3 rings (SSSR count). The number of halogens is 1. The Morgan fingerprint density at radius 1 is 1.19 bits per heavy atom. The number of thiocarbonyl (C=S) groups is 1.